The molecule has 0 spiro atoms. The van der Waals surface area contributed by atoms with Crippen LogP contribution in [0.5, 0.6) is 0 Å². The van der Waals surface area contributed by atoms with E-state index in [0.29, 0.717) is 6.42 Å². The van der Waals surface area contributed by atoms with Gasteiger partial charge in [0.15, 0.2) is 0 Å². The van der Waals surface area contributed by atoms with E-state index in [4.69, 9.17) is 5.73 Å². The molecule has 5 heteroatoms. The highest BCUT2D eigenvalue weighted by Gasteiger charge is 2.25. The van der Waals surface area contributed by atoms with Crippen molar-refractivity contribution in [2.75, 3.05) is 5.73 Å². The average molecular weight is 252 g/mol. The number of hydrogen-bond acceptors (Lipinski definition) is 3. The minimum atomic E-state index is -0.530. The molecule has 2 atom stereocenters. The molecule has 1 aromatic rings. The lowest BCUT2D eigenvalue weighted by Gasteiger charge is -2.28. The Morgan fingerprint density at radius 3 is 2.83 bits per heavy atom. The Labute approximate surface area is 105 Å². The van der Waals surface area contributed by atoms with Crippen LogP contribution >= 0.6 is 0 Å². The molecule has 1 amide bonds. The summed E-state index contributed by atoms with van der Waals surface area (Å²) in [4.78, 5) is 12.0. The fourth-order valence-electron chi connectivity index (χ4n) is 2.25. The molecule has 2 rings (SSSR count). The lowest BCUT2D eigenvalue weighted by molar-refractivity contribution is 0.0717. The molecule has 1 aromatic carbocycles. The van der Waals surface area contributed by atoms with Gasteiger partial charge in [-0.05, 0) is 31.0 Å². The van der Waals surface area contributed by atoms with Gasteiger partial charge >= 0.3 is 0 Å². The fourth-order valence-corrected chi connectivity index (χ4v) is 2.25. The number of hydrogen-bond donors (Lipinski definition) is 3. The largest absolute Gasteiger partial charge is 0.398 e. The van der Waals surface area contributed by atoms with Crippen molar-refractivity contribution < 1.29 is 14.3 Å². The minimum Gasteiger partial charge on any atom is -0.398 e. The van der Waals surface area contributed by atoms with Crippen molar-refractivity contribution in [2.45, 2.75) is 37.8 Å². The molecule has 4 N–H and O–H groups in total. The number of aliphatic hydroxyl groups is 1. The third kappa shape index (κ3) is 2.79. The van der Waals surface area contributed by atoms with E-state index in [-0.39, 0.29) is 17.3 Å². The first kappa shape index (κ1) is 12.8. The van der Waals surface area contributed by atoms with Crippen LogP contribution in [0.3, 0.4) is 0 Å². The van der Waals surface area contributed by atoms with Gasteiger partial charge in [-0.3, -0.25) is 4.79 Å². The van der Waals surface area contributed by atoms with Crippen molar-refractivity contribution in [2.24, 2.45) is 0 Å². The predicted molar refractivity (Wildman–Crippen MR) is 66.5 cm³/mol. The standard InChI is InChI=1S/C13H17FN2O2/c14-8-5-6-10(15)9(7-8)13(18)16-11-3-1-2-4-12(11)17/h5-7,11-12,17H,1-4,15H2,(H,16,18). The van der Waals surface area contributed by atoms with Crippen LogP contribution in [0.25, 0.3) is 0 Å². The molecule has 98 valence electrons. The van der Waals surface area contributed by atoms with Gasteiger partial charge in [0.05, 0.1) is 17.7 Å². The number of rotatable bonds is 2. The lowest BCUT2D eigenvalue weighted by Crippen LogP contribution is -2.45. The van der Waals surface area contributed by atoms with Gasteiger partial charge in [0, 0.05) is 5.69 Å². The average Bonchev–Trinajstić information content (AvgIpc) is 2.35. The molecule has 0 bridgehead atoms. The molecule has 1 fully saturated rings. The van der Waals surface area contributed by atoms with Gasteiger partial charge in [-0.25, -0.2) is 4.39 Å². The number of nitrogen functional groups attached to an aromatic ring is 1. The maximum absolute atomic E-state index is 13.1. The van der Waals surface area contributed by atoms with E-state index in [1.165, 1.54) is 12.1 Å². The number of benzene rings is 1. The predicted octanol–water partition coefficient (Wildman–Crippen LogP) is 1.44. The highest BCUT2D eigenvalue weighted by Crippen LogP contribution is 2.20. The first-order valence-electron chi connectivity index (χ1n) is 6.12. The Morgan fingerprint density at radius 1 is 1.39 bits per heavy atom. The lowest BCUT2D eigenvalue weighted by atomic mass is 9.92. The van der Waals surface area contributed by atoms with Crippen LogP contribution in [0.2, 0.25) is 0 Å². The summed E-state index contributed by atoms with van der Waals surface area (Å²) >= 11 is 0. The van der Waals surface area contributed by atoms with Gasteiger partial charge in [0.1, 0.15) is 5.82 Å². The summed E-state index contributed by atoms with van der Waals surface area (Å²) in [5, 5.41) is 12.5. The first-order valence-corrected chi connectivity index (χ1v) is 6.12. The van der Waals surface area contributed by atoms with Gasteiger partial charge in [-0.1, -0.05) is 12.8 Å². The molecule has 0 heterocycles. The van der Waals surface area contributed by atoms with E-state index in [1.807, 2.05) is 0 Å². The topological polar surface area (TPSA) is 75.4 Å². The van der Waals surface area contributed by atoms with Crippen molar-refractivity contribution in [3.63, 3.8) is 0 Å². The third-order valence-corrected chi connectivity index (χ3v) is 3.31. The third-order valence-electron chi connectivity index (χ3n) is 3.31. The maximum atomic E-state index is 13.1. The van der Waals surface area contributed by atoms with Crippen molar-refractivity contribution in [1.82, 2.24) is 5.32 Å². The summed E-state index contributed by atoms with van der Waals surface area (Å²) in [5.74, 6) is -0.934. The summed E-state index contributed by atoms with van der Waals surface area (Å²) in [6, 6.07) is 3.41. The van der Waals surface area contributed by atoms with Gasteiger partial charge in [-0.2, -0.15) is 0 Å². The number of nitrogens with one attached hydrogen (secondary N) is 1. The number of carbonyl (C=O) groups excluding carboxylic acids is 1. The number of nitrogens with two attached hydrogens (primary N) is 1. The summed E-state index contributed by atoms with van der Waals surface area (Å²) in [6.07, 6.45) is 2.83. The smallest absolute Gasteiger partial charge is 0.253 e. The number of aliphatic hydroxyl groups excluding tert-OH is 1. The van der Waals surface area contributed by atoms with Crippen LogP contribution in [0.4, 0.5) is 10.1 Å². The summed E-state index contributed by atoms with van der Waals surface area (Å²) < 4.78 is 13.1. The second-order valence-electron chi connectivity index (χ2n) is 4.66. The van der Waals surface area contributed by atoms with Gasteiger partial charge in [-0.15, -0.1) is 0 Å². The van der Waals surface area contributed by atoms with Gasteiger partial charge in [0.25, 0.3) is 5.91 Å². The first-order chi connectivity index (χ1) is 8.58. The maximum Gasteiger partial charge on any atom is 0.253 e. The monoisotopic (exact) mass is 252 g/mol. The Balaban J connectivity index is 2.09. The van der Waals surface area contributed by atoms with Crippen LogP contribution in [0.15, 0.2) is 18.2 Å². The van der Waals surface area contributed by atoms with Crippen molar-refractivity contribution in [3.8, 4) is 0 Å². The molecular formula is C13H17FN2O2. The Morgan fingerprint density at radius 2 is 2.11 bits per heavy atom. The molecular weight excluding hydrogens is 235 g/mol. The second kappa shape index (κ2) is 5.35. The van der Waals surface area contributed by atoms with E-state index in [2.05, 4.69) is 5.32 Å². The summed E-state index contributed by atoms with van der Waals surface area (Å²) in [7, 11) is 0. The summed E-state index contributed by atoms with van der Waals surface area (Å²) in [6.45, 7) is 0. The van der Waals surface area contributed by atoms with Crippen LogP contribution < -0.4 is 11.1 Å². The number of carbonyl (C=O) groups is 1. The van der Waals surface area contributed by atoms with Gasteiger partial charge < -0.3 is 16.2 Å². The van der Waals surface area contributed by atoms with Crippen LogP contribution in [-0.2, 0) is 0 Å². The molecule has 1 aliphatic carbocycles. The quantitative estimate of drug-likeness (QED) is 0.697. The minimum absolute atomic E-state index is 0.118. The van der Waals surface area contributed by atoms with E-state index < -0.39 is 17.8 Å². The zero-order valence-corrected chi connectivity index (χ0v) is 10.0. The Hall–Kier alpha value is -1.62. The highest BCUT2D eigenvalue weighted by atomic mass is 19.1. The fraction of sp³-hybridized carbons (Fsp3) is 0.462. The Kier molecular flexibility index (Phi) is 3.81. The van der Waals surface area contributed by atoms with Crippen molar-refractivity contribution >= 4 is 11.6 Å². The van der Waals surface area contributed by atoms with E-state index in [9.17, 15) is 14.3 Å². The molecule has 18 heavy (non-hydrogen) atoms. The van der Waals surface area contributed by atoms with E-state index >= 15 is 0 Å². The summed E-state index contributed by atoms with van der Waals surface area (Å²) in [5.41, 5.74) is 5.99. The molecule has 0 saturated heterocycles. The van der Waals surface area contributed by atoms with Crippen molar-refractivity contribution in [1.29, 1.82) is 0 Å². The SMILES string of the molecule is Nc1ccc(F)cc1C(=O)NC1CCCCC1O. The zero-order chi connectivity index (χ0) is 13.1. The highest BCUT2D eigenvalue weighted by molar-refractivity contribution is 5.99. The molecule has 0 aliphatic heterocycles. The second-order valence-corrected chi connectivity index (χ2v) is 4.66. The Bertz CT molecular complexity index is 451. The van der Waals surface area contributed by atoms with E-state index in [0.717, 1.165) is 25.3 Å². The molecule has 4 nitrogen and oxygen atoms in total. The molecule has 1 saturated carbocycles. The number of amides is 1. The molecule has 0 radical (unpaired) electrons. The van der Waals surface area contributed by atoms with E-state index in [1.54, 1.807) is 0 Å². The normalized spacial score (nSPS) is 23.7. The molecule has 0 aromatic heterocycles. The number of anilines is 1. The van der Waals surface area contributed by atoms with Crippen molar-refractivity contribution in [3.05, 3.63) is 29.6 Å². The van der Waals surface area contributed by atoms with Crippen LogP contribution in [0, 0.1) is 5.82 Å². The molecule has 2 unspecified atom stereocenters. The molecule has 1 aliphatic rings. The van der Waals surface area contributed by atoms with Crippen LogP contribution in [-0.4, -0.2) is 23.2 Å². The number of halogens is 1. The zero-order valence-electron chi connectivity index (χ0n) is 10.0. The van der Waals surface area contributed by atoms with Gasteiger partial charge in [0.2, 0.25) is 0 Å². The van der Waals surface area contributed by atoms with Crippen LogP contribution in [0.1, 0.15) is 36.0 Å².